The van der Waals surface area contributed by atoms with Crippen molar-refractivity contribution in [3.63, 3.8) is 0 Å². The van der Waals surface area contributed by atoms with Crippen LogP contribution in [0.3, 0.4) is 0 Å². The third kappa shape index (κ3) is 4.34. The highest BCUT2D eigenvalue weighted by atomic mass is 35.5. The molecule has 0 aromatic heterocycles. The lowest BCUT2D eigenvalue weighted by molar-refractivity contribution is 0.363. The first kappa shape index (κ1) is 19.2. The number of sulfonamides is 1. The lowest BCUT2D eigenvalue weighted by Crippen LogP contribution is -2.52. The topological polar surface area (TPSA) is 81.4 Å². The Kier molecular flexibility index (Phi) is 7.51. The fourth-order valence-corrected chi connectivity index (χ4v) is 3.38. The summed E-state index contributed by atoms with van der Waals surface area (Å²) in [6, 6.07) is 6.29. The molecule has 116 valence electrons. The largest absolute Gasteiger partial charge is 0.497 e. The molecule has 0 spiro atoms. The Labute approximate surface area is 127 Å². The van der Waals surface area contributed by atoms with Crippen molar-refractivity contribution in [1.29, 1.82) is 0 Å². The van der Waals surface area contributed by atoms with Crippen LogP contribution in [0.15, 0.2) is 29.2 Å². The van der Waals surface area contributed by atoms with Crippen LogP contribution in [0.2, 0.25) is 0 Å². The van der Waals surface area contributed by atoms with Crippen LogP contribution >= 0.6 is 12.4 Å². The highest BCUT2D eigenvalue weighted by Crippen LogP contribution is 2.20. The Balaban J connectivity index is 0.00000361. The van der Waals surface area contributed by atoms with Crippen LogP contribution in [0, 0.1) is 0 Å². The van der Waals surface area contributed by atoms with Gasteiger partial charge in [-0.25, -0.2) is 13.1 Å². The number of hydrogen-bond acceptors (Lipinski definition) is 4. The molecule has 0 amide bonds. The predicted molar refractivity (Wildman–Crippen MR) is 82.9 cm³/mol. The summed E-state index contributed by atoms with van der Waals surface area (Å²) >= 11 is 0. The van der Waals surface area contributed by atoms with Gasteiger partial charge in [-0.15, -0.1) is 12.4 Å². The molecule has 0 unspecified atom stereocenters. The van der Waals surface area contributed by atoms with Gasteiger partial charge in [0.1, 0.15) is 5.75 Å². The van der Waals surface area contributed by atoms with Crippen molar-refractivity contribution in [2.24, 2.45) is 5.73 Å². The van der Waals surface area contributed by atoms with Crippen molar-refractivity contribution in [2.45, 2.75) is 37.1 Å². The van der Waals surface area contributed by atoms with Crippen LogP contribution in [0.5, 0.6) is 5.75 Å². The van der Waals surface area contributed by atoms with E-state index in [-0.39, 0.29) is 23.8 Å². The zero-order chi connectivity index (χ0) is 14.5. The van der Waals surface area contributed by atoms with Crippen molar-refractivity contribution in [2.75, 3.05) is 13.7 Å². The van der Waals surface area contributed by atoms with Gasteiger partial charge in [-0.05, 0) is 37.1 Å². The molecule has 0 radical (unpaired) electrons. The second kappa shape index (κ2) is 7.83. The molecule has 20 heavy (non-hydrogen) atoms. The maximum Gasteiger partial charge on any atom is 0.241 e. The third-order valence-corrected chi connectivity index (χ3v) is 5.06. The molecule has 0 saturated heterocycles. The molecule has 0 saturated carbocycles. The summed E-state index contributed by atoms with van der Waals surface area (Å²) in [5, 5.41) is 0. The Bertz CT molecular complexity index is 491. The van der Waals surface area contributed by atoms with Crippen molar-refractivity contribution < 1.29 is 13.2 Å². The SMILES string of the molecule is CCC(CC)(CN)NS(=O)(=O)c1ccc(OC)cc1.Cl. The molecule has 0 aliphatic rings. The summed E-state index contributed by atoms with van der Waals surface area (Å²) in [5.74, 6) is 0.620. The van der Waals surface area contributed by atoms with E-state index < -0.39 is 15.6 Å². The summed E-state index contributed by atoms with van der Waals surface area (Å²) in [7, 11) is -2.03. The zero-order valence-corrected chi connectivity index (χ0v) is 13.7. The highest BCUT2D eigenvalue weighted by Gasteiger charge is 2.30. The molecule has 0 aliphatic heterocycles. The summed E-state index contributed by atoms with van der Waals surface area (Å²) in [4.78, 5) is 0.216. The molecular weight excluding hydrogens is 300 g/mol. The van der Waals surface area contributed by atoms with Gasteiger partial charge >= 0.3 is 0 Å². The van der Waals surface area contributed by atoms with E-state index in [9.17, 15) is 8.42 Å². The van der Waals surface area contributed by atoms with E-state index in [0.717, 1.165) is 0 Å². The quantitative estimate of drug-likeness (QED) is 0.803. The molecule has 1 aromatic rings. The van der Waals surface area contributed by atoms with Gasteiger partial charge in [0.05, 0.1) is 12.0 Å². The fraction of sp³-hybridized carbons (Fsp3) is 0.538. The van der Waals surface area contributed by atoms with Crippen molar-refractivity contribution in [1.82, 2.24) is 4.72 Å². The van der Waals surface area contributed by atoms with Gasteiger partial charge < -0.3 is 10.5 Å². The Morgan fingerprint density at radius 3 is 2.05 bits per heavy atom. The zero-order valence-electron chi connectivity index (χ0n) is 12.0. The minimum Gasteiger partial charge on any atom is -0.497 e. The van der Waals surface area contributed by atoms with E-state index in [2.05, 4.69) is 4.72 Å². The van der Waals surface area contributed by atoms with Crippen LogP contribution in [0.25, 0.3) is 0 Å². The van der Waals surface area contributed by atoms with E-state index in [4.69, 9.17) is 10.5 Å². The van der Waals surface area contributed by atoms with E-state index in [1.54, 1.807) is 12.1 Å². The Morgan fingerprint density at radius 2 is 1.70 bits per heavy atom. The van der Waals surface area contributed by atoms with Gasteiger partial charge in [0.2, 0.25) is 10.0 Å². The van der Waals surface area contributed by atoms with Gasteiger partial charge in [0, 0.05) is 12.1 Å². The Hall–Kier alpha value is -0.820. The Morgan fingerprint density at radius 1 is 1.20 bits per heavy atom. The lowest BCUT2D eigenvalue weighted by atomic mass is 9.95. The summed E-state index contributed by atoms with van der Waals surface area (Å²) in [6.07, 6.45) is 1.30. The molecule has 0 bridgehead atoms. The number of rotatable bonds is 7. The van der Waals surface area contributed by atoms with Crippen LogP contribution < -0.4 is 15.2 Å². The molecule has 0 fully saturated rings. The predicted octanol–water partition coefficient (Wildman–Crippen LogP) is 1.91. The van der Waals surface area contributed by atoms with Crippen molar-refractivity contribution >= 4 is 22.4 Å². The smallest absolute Gasteiger partial charge is 0.241 e. The lowest BCUT2D eigenvalue weighted by Gasteiger charge is -2.30. The first-order chi connectivity index (χ1) is 8.93. The van der Waals surface area contributed by atoms with Crippen molar-refractivity contribution in [3.8, 4) is 5.75 Å². The normalized spacial score (nSPS) is 11.8. The standard InChI is InChI=1S/C13H22N2O3S.ClH/c1-4-13(5-2,10-14)15-19(16,17)12-8-6-11(18-3)7-9-12;/h6-9,15H,4-5,10,14H2,1-3H3;1H. The molecule has 0 aliphatic carbocycles. The molecule has 5 nitrogen and oxygen atoms in total. The van der Waals surface area contributed by atoms with Crippen molar-refractivity contribution in [3.05, 3.63) is 24.3 Å². The van der Waals surface area contributed by atoms with Crippen LogP contribution in [0.1, 0.15) is 26.7 Å². The molecule has 1 rings (SSSR count). The third-order valence-electron chi connectivity index (χ3n) is 3.46. The number of methoxy groups -OCH3 is 1. The first-order valence-corrected chi connectivity index (χ1v) is 7.79. The monoisotopic (exact) mass is 322 g/mol. The second-order valence-corrected chi connectivity index (χ2v) is 6.15. The second-order valence-electron chi connectivity index (χ2n) is 4.47. The van der Waals surface area contributed by atoms with E-state index in [1.807, 2.05) is 13.8 Å². The van der Waals surface area contributed by atoms with Gasteiger partial charge in [-0.3, -0.25) is 0 Å². The number of nitrogens with two attached hydrogens (primary N) is 1. The number of nitrogens with one attached hydrogen (secondary N) is 1. The number of ether oxygens (including phenoxy) is 1. The molecule has 7 heteroatoms. The van der Waals surface area contributed by atoms with E-state index in [1.165, 1.54) is 19.2 Å². The molecule has 0 atom stereocenters. The molecule has 1 aromatic carbocycles. The van der Waals surface area contributed by atoms with E-state index >= 15 is 0 Å². The van der Waals surface area contributed by atoms with Crippen LogP contribution in [-0.4, -0.2) is 27.6 Å². The van der Waals surface area contributed by atoms with Gasteiger partial charge in [-0.2, -0.15) is 0 Å². The first-order valence-electron chi connectivity index (χ1n) is 6.31. The molecule has 3 N–H and O–H groups in total. The minimum absolute atomic E-state index is 0. The number of hydrogen-bond donors (Lipinski definition) is 2. The van der Waals surface area contributed by atoms with Crippen LogP contribution in [0.4, 0.5) is 0 Å². The number of benzene rings is 1. The summed E-state index contributed by atoms with van der Waals surface area (Å²) in [5.41, 5.74) is 5.13. The maximum atomic E-state index is 12.3. The maximum absolute atomic E-state index is 12.3. The van der Waals surface area contributed by atoms with Gasteiger partial charge in [0.25, 0.3) is 0 Å². The molecule has 0 heterocycles. The fourth-order valence-electron chi connectivity index (χ4n) is 1.82. The number of halogens is 1. The average molecular weight is 323 g/mol. The molecular formula is C13H23ClN2O3S. The minimum atomic E-state index is -3.56. The summed E-state index contributed by atoms with van der Waals surface area (Å²) in [6.45, 7) is 4.12. The van der Waals surface area contributed by atoms with Gasteiger partial charge in [-0.1, -0.05) is 13.8 Å². The van der Waals surface area contributed by atoms with Crippen LogP contribution in [-0.2, 0) is 10.0 Å². The highest BCUT2D eigenvalue weighted by molar-refractivity contribution is 7.89. The van der Waals surface area contributed by atoms with Gasteiger partial charge in [0.15, 0.2) is 0 Å². The summed E-state index contributed by atoms with van der Waals surface area (Å²) < 4.78 is 32.4. The van der Waals surface area contributed by atoms with E-state index in [0.29, 0.717) is 18.6 Å². The average Bonchev–Trinajstić information content (AvgIpc) is 2.45.